The lowest BCUT2D eigenvalue weighted by Crippen LogP contribution is -2.23. The summed E-state index contributed by atoms with van der Waals surface area (Å²) in [4.78, 5) is 26.2. The molecule has 0 bridgehead atoms. The van der Waals surface area contributed by atoms with Crippen molar-refractivity contribution >= 4 is 22.7 Å². The zero-order chi connectivity index (χ0) is 17.6. The zero-order valence-corrected chi connectivity index (χ0v) is 13.9. The molecule has 3 rings (SSSR count). The van der Waals surface area contributed by atoms with E-state index in [1.54, 1.807) is 0 Å². The number of aromatic nitrogens is 1. The van der Waals surface area contributed by atoms with Crippen molar-refractivity contribution in [2.24, 2.45) is 5.73 Å². The van der Waals surface area contributed by atoms with Gasteiger partial charge in [0.25, 0.3) is 0 Å². The summed E-state index contributed by atoms with van der Waals surface area (Å²) in [6, 6.07) is 15.6. The Bertz CT molecular complexity index is 881. The Morgan fingerprint density at radius 1 is 1.00 bits per heavy atom. The molecule has 0 aliphatic rings. The second-order valence-corrected chi connectivity index (χ2v) is 6.10. The van der Waals surface area contributed by atoms with E-state index >= 15 is 0 Å². The lowest BCUT2D eigenvalue weighted by Gasteiger charge is -2.06. The molecule has 1 aromatic heterocycles. The molecule has 25 heavy (non-hydrogen) atoms. The Labute approximate surface area is 146 Å². The number of primary amides is 1. The third-order valence-electron chi connectivity index (χ3n) is 4.19. The van der Waals surface area contributed by atoms with Crippen LogP contribution in [0.1, 0.15) is 23.1 Å². The second kappa shape index (κ2) is 7.66. The van der Waals surface area contributed by atoms with E-state index < -0.39 is 0 Å². The molecule has 2 amide bonds. The Kier molecular flexibility index (Phi) is 5.14. The lowest BCUT2D eigenvalue weighted by molar-refractivity contribution is -0.121. The third kappa shape index (κ3) is 4.47. The normalized spacial score (nSPS) is 10.7. The first-order valence-corrected chi connectivity index (χ1v) is 8.29. The number of hydrogen-bond donors (Lipinski definition) is 3. The minimum Gasteiger partial charge on any atom is -0.369 e. The van der Waals surface area contributed by atoms with Crippen molar-refractivity contribution in [3.05, 3.63) is 71.4 Å². The second-order valence-electron chi connectivity index (χ2n) is 6.10. The standard InChI is InChI=1S/C20H21N3O2/c21-19(24)11-14-5-7-15(8-6-14)12-23-20(25)10-9-16-13-22-18-4-2-1-3-17(16)18/h1-8,13,22H,9-12H2,(H2,21,24)(H,23,25). The summed E-state index contributed by atoms with van der Waals surface area (Å²) < 4.78 is 0. The van der Waals surface area contributed by atoms with Crippen LogP contribution in [0.3, 0.4) is 0 Å². The Hall–Kier alpha value is -3.08. The highest BCUT2D eigenvalue weighted by Crippen LogP contribution is 2.18. The lowest BCUT2D eigenvalue weighted by atomic mass is 10.1. The molecule has 0 aliphatic carbocycles. The summed E-state index contributed by atoms with van der Waals surface area (Å²) in [6.45, 7) is 0.476. The van der Waals surface area contributed by atoms with E-state index in [4.69, 9.17) is 5.73 Å². The van der Waals surface area contributed by atoms with Gasteiger partial charge in [0, 0.05) is 30.1 Å². The number of nitrogens with two attached hydrogens (primary N) is 1. The first-order chi connectivity index (χ1) is 12.1. The van der Waals surface area contributed by atoms with Gasteiger partial charge in [0.1, 0.15) is 0 Å². The Morgan fingerprint density at radius 3 is 2.48 bits per heavy atom. The molecule has 2 aromatic carbocycles. The van der Waals surface area contributed by atoms with Crippen LogP contribution in [0, 0.1) is 0 Å². The van der Waals surface area contributed by atoms with Crippen molar-refractivity contribution in [2.75, 3.05) is 0 Å². The molecule has 0 radical (unpaired) electrons. The number of rotatable bonds is 7. The molecule has 0 atom stereocenters. The first kappa shape index (κ1) is 16.8. The fraction of sp³-hybridized carbons (Fsp3) is 0.200. The van der Waals surface area contributed by atoms with Crippen LogP contribution in [0.25, 0.3) is 10.9 Å². The number of carbonyl (C=O) groups is 2. The van der Waals surface area contributed by atoms with Crippen molar-refractivity contribution in [2.45, 2.75) is 25.8 Å². The van der Waals surface area contributed by atoms with Gasteiger partial charge >= 0.3 is 0 Å². The highest BCUT2D eigenvalue weighted by Gasteiger charge is 2.07. The number of benzene rings is 2. The number of amides is 2. The molecule has 0 fully saturated rings. The molecule has 0 saturated heterocycles. The number of hydrogen-bond acceptors (Lipinski definition) is 2. The monoisotopic (exact) mass is 335 g/mol. The fourth-order valence-corrected chi connectivity index (χ4v) is 2.85. The Balaban J connectivity index is 1.49. The number of aryl methyl sites for hydroxylation is 1. The van der Waals surface area contributed by atoms with E-state index in [1.807, 2.05) is 48.7 Å². The number of para-hydroxylation sites is 1. The van der Waals surface area contributed by atoms with E-state index in [9.17, 15) is 9.59 Å². The average molecular weight is 335 g/mol. The average Bonchev–Trinajstić information content (AvgIpc) is 3.02. The van der Waals surface area contributed by atoms with Gasteiger partial charge in [-0.3, -0.25) is 9.59 Å². The summed E-state index contributed by atoms with van der Waals surface area (Å²) >= 11 is 0. The van der Waals surface area contributed by atoms with Gasteiger partial charge in [0.2, 0.25) is 11.8 Å². The van der Waals surface area contributed by atoms with Crippen LogP contribution >= 0.6 is 0 Å². The maximum Gasteiger partial charge on any atom is 0.221 e. The van der Waals surface area contributed by atoms with Gasteiger partial charge in [0.15, 0.2) is 0 Å². The van der Waals surface area contributed by atoms with Crippen LogP contribution in [0.4, 0.5) is 0 Å². The number of aromatic amines is 1. The van der Waals surface area contributed by atoms with Crippen LogP contribution in [-0.2, 0) is 29.0 Å². The van der Waals surface area contributed by atoms with Gasteiger partial charge in [0.05, 0.1) is 6.42 Å². The summed E-state index contributed by atoms with van der Waals surface area (Å²) in [5.74, 6) is -0.329. The van der Waals surface area contributed by atoms with Gasteiger partial charge in [-0.2, -0.15) is 0 Å². The molecular weight excluding hydrogens is 314 g/mol. The molecular formula is C20H21N3O2. The SMILES string of the molecule is NC(=O)Cc1ccc(CNC(=O)CCc2c[nH]c3ccccc23)cc1. The first-order valence-electron chi connectivity index (χ1n) is 8.29. The largest absolute Gasteiger partial charge is 0.369 e. The third-order valence-corrected chi connectivity index (χ3v) is 4.19. The molecule has 0 saturated carbocycles. The van der Waals surface area contributed by atoms with Gasteiger partial charge in [-0.15, -0.1) is 0 Å². The minimum absolute atomic E-state index is 0.0199. The number of carbonyl (C=O) groups excluding carboxylic acids is 2. The predicted molar refractivity (Wildman–Crippen MR) is 97.8 cm³/mol. The molecule has 0 unspecified atom stereocenters. The molecule has 5 nitrogen and oxygen atoms in total. The van der Waals surface area contributed by atoms with Crippen molar-refractivity contribution in [1.82, 2.24) is 10.3 Å². The van der Waals surface area contributed by atoms with Gasteiger partial charge in [-0.05, 0) is 29.2 Å². The van der Waals surface area contributed by atoms with Crippen molar-refractivity contribution < 1.29 is 9.59 Å². The van der Waals surface area contributed by atoms with Gasteiger partial charge in [-0.25, -0.2) is 0 Å². The number of fused-ring (bicyclic) bond motifs is 1. The van der Waals surface area contributed by atoms with Crippen LogP contribution in [-0.4, -0.2) is 16.8 Å². The quantitative estimate of drug-likeness (QED) is 0.619. The van der Waals surface area contributed by atoms with Crippen LogP contribution < -0.4 is 11.1 Å². The summed E-state index contributed by atoms with van der Waals surface area (Å²) in [6.07, 6.45) is 3.35. The molecule has 0 spiro atoms. The topological polar surface area (TPSA) is 88.0 Å². The van der Waals surface area contributed by atoms with E-state index in [0.717, 1.165) is 22.2 Å². The predicted octanol–water partition coefficient (Wildman–Crippen LogP) is 2.44. The Morgan fingerprint density at radius 2 is 1.72 bits per heavy atom. The van der Waals surface area contributed by atoms with Crippen molar-refractivity contribution in [1.29, 1.82) is 0 Å². The highest BCUT2D eigenvalue weighted by molar-refractivity contribution is 5.84. The smallest absolute Gasteiger partial charge is 0.221 e. The van der Waals surface area contributed by atoms with E-state index in [2.05, 4.69) is 16.4 Å². The zero-order valence-electron chi connectivity index (χ0n) is 13.9. The van der Waals surface area contributed by atoms with Crippen molar-refractivity contribution in [3.8, 4) is 0 Å². The van der Waals surface area contributed by atoms with E-state index in [0.29, 0.717) is 19.4 Å². The fourth-order valence-electron chi connectivity index (χ4n) is 2.85. The molecule has 4 N–H and O–H groups in total. The number of H-pyrrole nitrogens is 1. The maximum absolute atomic E-state index is 12.1. The molecule has 5 heteroatoms. The summed E-state index contributed by atoms with van der Waals surface area (Å²) in [5, 5.41) is 4.10. The van der Waals surface area contributed by atoms with Crippen LogP contribution in [0.5, 0.6) is 0 Å². The van der Waals surface area contributed by atoms with Crippen LogP contribution in [0.15, 0.2) is 54.7 Å². The van der Waals surface area contributed by atoms with Gasteiger partial charge in [-0.1, -0.05) is 42.5 Å². The maximum atomic E-state index is 12.1. The van der Waals surface area contributed by atoms with Crippen LogP contribution in [0.2, 0.25) is 0 Å². The number of nitrogens with one attached hydrogen (secondary N) is 2. The molecule has 0 aliphatic heterocycles. The molecule has 1 heterocycles. The molecule has 128 valence electrons. The summed E-state index contributed by atoms with van der Waals surface area (Å²) in [7, 11) is 0. The van der Waals surface area contributed by atoms with Crippen molar-refractivity contribution in [3.63, 3.8) is 0 Å². The van der Waals surface area contributed by atoms with E-state index in [1.165, 1.54) is 5.39 Å². The minimum atomic E-state index is -0.349. The highest BCUT2D eigenvalue weighted by atomic mass is 16.1. The van der Waals surface area contributed by atoms with Gasteiger partial charge < -0.3 is 16.0 Å². The molecule has 3 aromatic rings. The summed E-state index contributed by atoms with van der Waals surface area (Å²) in [5.41, 5.74) is 9.29. The van der Waals surface area contributed by atoms with E-state index in [-0.39, 0.29) is 18.2 Å².